The highest BCUT2D eigenvalue weighted by molar-refractivity contribution is 6.28. The summed E-state index contributed by atoms with van der Waals surface area (Å²) < 4.78 is 289. The minimum atomic E-state index is -4.98. The van der Waals surface area contributed by atoms with E-state index in [9.17, 15) is 52.7 Å². The highest BCUT2D eigenvalue weighted by atomic mass is 19.2. The van der Waals surface area contributed by atoms with Crippen LogP contribution in [0.4, 0.5) is 111 Å². The van der Waals surface area contributed by atoms with E-state index in [0.717, 1.165) is 0 Å². The molecule has 56 heavy (non-hydrogen) atoms. The smallest absolute Gasteiger partial charge is 0.339 e. The second-order valence-corrected chi connectivity index (χ2v) is 10.4. The number of rotatable bonds is 8. The molecule has 4 aromatic rings. The third kappa shape index (κ3) is 8.10. The van der Waals surface area contributed by atoms with Gasteiger partial charge in [0.25, 0.3) is 0 Å². The van der Waals surface area contributed by atoms with Gasteiger partial charge in [-0.05, 0) is 25.9 Å². The van der Waals surface area contributed by atoms with Gasteiger partial charge in [-0.1, -0.05) is 13.8 Å². The lowest BCUT2D eigenvalue weighted by Gasteiger charge is -2.37. The summed E-state index contributed by atoms with van der Waals surface area (Å²) in [5, 5.41) is 26.0. The van der Waals surface area contributed by atoms with Crippen molar-refractivity contribution in [1.82, 2.24) is 9.80 Å². The molecule has 308 valence electrons. The molecule has 0 atom stereocenters. The van der Waals surface area contributed by atoms with Crippen molar-refractivity contribution in [1.29, 1.82) is 0 Å². The molecule has 0 aliphatic carbocycles. The molecule has 0 amide bonds. The van der Waals surface area contributed by atoms with Crippen LogP contribution in [0.3, 0.4) is 0 Å². The molecule has 0 fully saturated rings. The zero-order chi connectivity index (χ0) is 43.5. The average Bonchev–Trinajstić information content (AvgIpc) is 3.15. The maximum atomic E-state index is 15.3. The fourth-order valence-corrected chi connectivity index (χ4v) is 4.70. The Morgan fingerprint density at radius 1 is 0.357 bits per heavy atom. The van der Waals surface area contributed by atoms with E-state index >= 15 is 35.1 Å². The quantitative estimate of drug-likeness (QED) is 0.0416. The third-order valence-corrected chi connectivity index (χ3v) is 6.94. The van der Waals surface area contributed by atoms with Gasteiger partial charge in [-0.25, -0.2) is 52.7 Å². The fourth-order valence-electron chi connectivity index (χ4n) is 4.70. The van der Waals surface area contributed by atoms with Crippen LogP contribution in [0.1, 0.15) is 26.7 Å². The highest BCUT2D eigenvalue weighted by Gasteiger charge is 2.60. The molecule has 26 heteroatoms. The number of hydrogen-bond donors (Lipinski definition) is 3. The van der Waals surface area contributed by atoms with Gasteiger partial charge < -0.3 is 20.4 Å². The Hall–Kier alpha value is -4.66. The Balaban J connectivity index is 0.000000863. The van der Waals surface area contributed by atoms with E-state index in [0.29, 0.717) is 0 Å². The Kier molecular flexibility index (Phi) is 15.7. The summed E-state index contributed by atoms with van der Waals surface area (Å²) >= 11 is 0. The van der Waals surface area contributed by atoms with Gasteiger partial charge in [-0.3, -0.25) is 0 Å². The van der Waals surface area contributed by atoms with Gasteiger partial charge in [0.05, 0.1) is 0 Å². The molecular weight excluding hydrogens is 827 g/mol. The van der Waals surface area contributed by atoms with Crippen LogP contribution in [0.25, 0.3) is 0 Å². The second kappa shape index (κ2) is 18.5. The van der Waals surface area contributed by atoms with Crippen LogP contribution >= 0.6 is 0 Å². The zero-order valence-corrected chi connectivity index (χ0v) is 27.2. The van der Waals surface area contributed by atoms with Crippen LogP contribution in [-0.2, 0) is 0 Å². The number of benzene rings is 4. The van der Waals surface area contributed by atoms with Crippen LogP contribution in [0.5, 0.6) is 0 Å². The molecule has 0 saturated heterocycles. The first kappa shape index (κ1) is 47.5. The lowest BCUT2D eigenvalue weighted by atomic mass is 10.0. The Morgan fingerprint density at radius 3 is 0.607 bits per heavy atom. The van der Waals surface area contributed by atoms with Crippen molar-refractivity contribution in [3.8, 4) is 0 Å². The van der Waals surface area contributed by atoms with Crippen molar-refractivity contribution in [2.75, 3.05) is 13.1 Å². The molecule has 0 radical (unpaired) electrons. The molecule has 5 nitrogen and oxygen atoms in total. The van der Waals surface area contributed by atoms with Gasteiger partial charge in [-0.2, -0.15) is 39.6 Å². The summed E-state index contributed by atoms with van der Waals surface area (Å²) in [5.41, 5.74) is -14.8. The largest absolute Gasteiger partial charge is 0.832 e. The van der Waals surface area contributed by atoms with Gasteiger partial charge in [0.2, 0.25) is 139 Å². The predicted octanol–water partition coefficient (Wildman–Crippen LogP) is 8.48. The number of halogens is 20. The predicted molar refractivity (Wildman–Crippen MR) is 149 cm³/mol. The molecule has 0 aromatic heterocycles. The van der Waals surface area contributed by atoms with Crippen molar-refractivity contribution in [2.45, 2.75) is 26.7 Å². The maximum absolute atomic E-state index is 15.3. The summed E-state index contributed by atoms with van der Waals surface area (Å²) in [7, 11) is -2.42. The minimum absolute atomic E-state index is 1.17. The molecule has 0 aliphatic heterocycles. The highest BCUT2D eigenvalue weighted by Crippen LogP contribution is 2.60. The van der Waals surface area contributed by atoms with Crippen molar-refractivity contribution in [2.24, 2.45) is 0 Å². The number of hydrogen-bond acceptors (Lipinski definition) is 4. The summed E-state index contributed by atoms with van der Waals surface area (Å²) in [4.78, 5) is 0. The van der Waals surface area contributed by atoms with E-state index in [1.807, 2.05) is 0 Å². The Bertz CT molecular complexity index is 1730. The fraction of sp³-hybridized carbons (Fsp3) is 0.200. The topological polar surface area (TPSA) is 75.5 Å². The van der Waals surface area contributed by atoms with Crippen molar-refractivity contribution in [3.63, 3.8) is 0 Å². The van der Waals surface area contributed by atoms with Crippen molar-refractivity contribution in [3.05, 3.63) is 116 Å². The molecule has 3 N–H and O–H groups in total. The maximum Gasteiger partial charge on any atom is 0.339 e. The summed E-state index contributed by atoms with van der Waals surface area (Å²) in [6.45, 7) is 6.72. The molecular formula is C30H17BF20N2O3. The average molecular weight is 844 g/mol. The van der Waals surface area contributed by atoms with E-state index < -0.39 is 151 Å². The first-order chi connectivity index (χ1) is 25.8. The molecule has 4 aromatic carbocycles. The SMILES string of the molecule is CCCNCCC.Fc1c(F)c(F)c([N+](c2c(F)c(F)c(F)c(F)c2F)(c2c(F)c(F)c(F)c(F)c2F)c2c(F)c(F)c(F)c(F)c2F)c(F)c1F.[O-]B(O)O. The molecule has 0 heterocycles. The van der Waals surface area contributed by atoms with Crippen molar-refractivity contribution < 1.29 is 103 Å². The standard InChI is InChI=1S/C24F20N.C6H15N.BH2O3/c25-1-5(29)13(37)21(14(38)6(1)30)45(22-15(39)7(31)2(26)8(32)16(22)40,23-17(41)9(33)3(27)10(34)18(23)42)24-19(43)11(35)4(28)12(36)20(24)44;1-3-5-7-6-4-2;2-1(3)4/h;7H,3-6H2,1-2H3;2-3H/q+1;;-1. The van der Waals surface area contributed by atoms with Gasteiger partial charge in [0.15, 0.2) is 0 Å². The molecule has 0 spiro atoms. The van der Waals surface area contributed by atoms with Gasteiger partial charge in [0.1, 0.15) is 0 Å². The number of nitrogens with one attached hydrogen (secondary N) is 1. The molecule has 0 aliphatic rings. The van der Waals surface area contributed by atoms with Crippen molar-refractivity contribution >= 4 is 30.1 Å². The number of quaternary nitrogens is 1. The molecule has 0 unspecified atom stereocenters. The Morgan fingerprint density at radius 2 is 0.482 bits per heavy atom. The van der Waals surface area contributed by atoms with E-state index in [1.165, 1.54) is 25.9 Å². The summed E-state index contributed by atoms with van der Waals surface area (Å²) in [6.07, 6.45) is 2.50. The van der Waals surface area contributed by atoms with Crippen LogP contribution in [-0.4, -0.2) is 30.5 Å². The molecule has 0 bridgehead atoms. The Labute approximate surface area is 299 Å². The van der Waals surface area contributed by atoms with Crippen LogP contribution in [0, 0.1) is 116 Å². The lowest BCUT2D eigenvalue weighted by Crippen LogP contribution is -2.42. The normalized spacial score (nSPS) is 11.3. The second-order valence-electron chi connectivity index (χ2n) is 10.4. The first-order valence-corrected chi connectivity index (χ1v) is 14.5. The van der Waals surface area contributed by atoms with E-state index in [-0.39, 0.29) is 0 Å². The monoisotopic (exact) mass is 844 g/mol. The summed E-state index contributed by atoms with van der Waals surface area (Å²) in [5.74, 6) is -72.2. The van der Waals surface area contributed by atoms with Gasteiger partial charge in [-0.15, -0.1) is 0 Å². The van der Waals surface area contributed by atoms with E-state index in [1.54, 1.807) is 0 Å². The van der Waals surface area contributed by atoms with Gasteiger partial charge >= 0.3 is 7.32 Å². The first-order valence-electron chi connectivity index (χ1n) is 14.5. The zero-order valence-electron chi connectivity index (χ0n) is 27.2. The van der Waals surface area contributed by atoms with Crippen LogP contribution in [0.2, 0.25) is 0 Å². The van der Waals surface area contributed by atoms with Crippen LogP contribution < -0.4 is 14.8 Å². The lowest BCUT2D eigenvalue weighted by molar-refractivity contribution is -0.242. The summed E-state index contributed by atoms with van der Waals surface area (Å²) in [6, 6.07) is 0. The number of nitrogens with zero attached hydrogens (tertiary/aromatic N) is 1. The minimum Gasteiger partial charge on any atom is -0.832 e. The van der Waals surface area contributed by atoms with E-state index in [2.05, 4.69) is 19.2 Å². The molecule has 0 saturated carbocycles. The van der Waals surface area contributed by atoms with Crippen LogP contribution in [0.15, 0.2) is 0 Å². The third-order valence-electron chi connectivity index (χ3n) is 6.94. The van der Waals surface area contributed by atoms with Gasteiger partial charge in [0, 0.05) is 0 Å². The molecule has 4 rings (SSSR count). The van der Waals surface area contributed by atoms with E-state index in [4.69, 9.17) is 15.1 Å².